The first-order valence-corrected chi connectivity index (χ1v) is 9.14. The molecule has 0 bridgehead atoms. The predicted molar refractivity (Wildman–Crippen MR) is 97.5 cm³/mol. The molecular weight excluding hydrogens is 441 g/mol. The van der Waals surface area contributed by atoms with Crippen molar-refractivity contribution in [3.05, 3.63) is 57.1 Å². The predicted octanol–water partition coefficient (Wildman–Crippen LogP) is 4.20. The number of halogens is 4. The van der Waals surface area contributed by atoms with Crippen molar-refractivity contribution >= 4 is 27.7 Å². The topological polar surface area (TPSA) is 69.4 Å². The molecule has 3 aromatic rings. The average Bonchev–Trinajstić information content (AvgIpc) is 3.05. The van der Waals surface area contributed by atoms with Crippen LogP contribution < -0.4 is 0 Å². The maximum absolute atomic E-state index is 12.8. The van der Waals surface area contributed by atoms with Gasteiger partial charge in [0.15, 0.2) is 0 Å². The summed E-state index contributed by atoms with van der Waals surface area (Å²) in [5.74, 6) is -1.77. The summed E-state index contributed by atoms with van der Waals surface area (Å²) in [4.78, 5) is 19.6. The molecule has 0 atom stereocenters. The Morgan fingerprint density at radius 1 is 1.18 bits per heavy atom. The number of nitrogens with zero attached hydrogens (tertiary/aromatic N) is 4. The lowest BCUT2D eigenvalue weighted by atomic mass is 10.1. The van der Waals surface area contributed by atoms with E-state index in [4.69, 9.17) is 4.74 Å². The fourth-order valence-corrected chi connectivity index (χ4v) is 3.00. The first-order valence-electron chi connectivity index (χ1n) is 8.35. The van der Waals surface area contributed by atoms with Crippen LogP contribution in [0.25, 0.3) is 5.78 Å². The number of ether oxygens (including phenoxy) is 1. The minimum absolute atomic E-state index is 0.0756. The summed E-state index contributed by atoms with van der Waals surface area (Å²) >= 11 is 3.33. The van der Waals surface area contributed by atoms with E-state index < -0.39 is 18.0 Å². The summed E-state index contributed by atoms with van der Waals surface area (Å²) in [6.07, 6.45) is -4.29. The number of carbonyl (C=O) groups excluding carboxylic acids is 1. The Morgan fingerprint density at radius 3 is 2.50 bits per heavy atom. The largest absolute Gasteiger partial charge is 0.461 e. The lowest BCUT2D eigenvalue weighted by molar-refractivity contribution is -0.145. The van der Waals surface area contributed by atoms with E-state index in [2.05, 4.69) is 31.0 Å². The minimum atomic E-state index is -4.65. The lowest BCUT2D eigenvalue weighted by Gasteiger charge is -2.10. The lowest BCUT2D eigenvalue weighted by Crippen LogP contribution is -2.11. The minimum Gasteiger partial charge on any atom is -0.461 e. The number of esters is 1. The maximum atomic E-state index is 12.8. The van der Waals surface area contributed by atoms with Gasteiger partial charge in [-0.25, -0.2) is 9.50 Å². The second-order valence-corrected chi connectivity index (χ2v) is 7.11. The Labute approximate surface area is 166 Å². The zero-order chi connectivity index (χ0) is 20.5. The van der Waals surface area contributed by atoms with E-state index in [1.807, 2.05) is 24.3 Å². The molecule has 0 radical (unpaired) electrons. The molecule has 0 aliphatic carbocycles. The van der Waals surface area contributed by atoms with Crippen molar-refractivity contribution in [2.24, 2.45) is 0 Å². The second-order valence-electron chi connectivity index (χ2n) is 6.19. The number of aryl methyl sites for hydroxylation is 2. The third kappa shape index (κ3) is 4.49. The van der Waals surface area contributed by atoms with Crippen LogP contribution in [0.2, 0.25) is 0 Å². The van der Waals surface area contributed by atoms with Crippen molar-refractivity contribution in [2.75, 3.05) is 0 Å². The molecule has 0 saturated carbocycles. The first-order chi connectivity index (χ1) is 13.1. The van der Waals surface area contributed by atoms with Gasteiger partial charge in [-0.1, -0.05) is 28.1 Å². The number of alkyl halides is 3. The van der Waals surface area contributed by atoms with Crippen LogP contribution in [0.5, 0.6) is 0 Å². The quantitative estimate of drug-likeness (QED) is 0.538. The Bertz CT molecular complexity index is 1020. The summed E-state index contributed by atoms with van der Waals surface area (Å²) in [5.41, 5.74) is 2.47. The van der Waals surface area contributed by atoms with Gasteiger partial charge in [-0.2, -0.15) is 18.2 Å². The number of fused-ring (bicyclic) bond motifs is 1. The normalized spacial score (nSPS) is 11.8. The monoisotopic (exact) mass is 456 g/mol. The van der Waals surface area contributed by atoms with Gasteiger partial charge in [-0.3, -0.25) is 4.79 Å². The van der Waals surface area contributed by atoms with Crippen LogP contribution in [-0.4, -0.2) is 25.6 Å². The van der Waals surface area contributed by atoms with Gasteiger partial charge in [-0.05, 0) is 43.5 Å². The van der Waals surface area contributed by atoms with Crippen LogP contribution in [0.1, 0.15) is 34.8 Å². The van der Waals surface area contributed by atoms with Crippen molar-refractivity contribution in [2.45, 2.75) is 39.5 Å². The molecule has 2 heterocycles. The van der Waals surface area contributed by atoms with Crippen molar-refractivity contribution in [1.82, 2.24) is 19.6 Å². The molecule has 0 aliphatic rings. The van der Waals surface area contributed by atoms with Gasteiger partial charge in [0.05, 0.1) is 0 Å². The third-order valence-electron chi connectivity index (χ3n) is 4.19. The van der Waals surface area contributed by atoms with E-state index in [1.165, 1.54) is 0 Å². The van der Waals surface area contributed by atoms with E-state index >= 15 is 0 Å². The molecule has 3 rings (SSSR count). The van der Waals surface area contributed by atoms with Crippen LogP contribution in [0.15, 0.2) is 28.7 Å². The molecule has 148 valence electrons. The van der Waals surface area contributed by atoms with E-state index in [9.17, 15) is 18.0 Å². The van der Waals surface area contributed by atoms with Gasteiger partial charge in [0.1, 0.15) is 6.61 Å². The molecule has 6 nitrogen and oxygen atoms in total. The Kier molecular flexibility index (Phi) is 5.69. The van der Waals surface area contributed by atoms with Crippen molar-refractivity contribution in [3.63, 3.8) is 0 Å². The van der Waals surface area contributed by atoms with Crippen LogP contribution in [0, 0.1) is 13.8 Å². The van der Waals surface area contributed by atoms with Gasteiger partial charge in [0.25, 0.3) is 11.6 Å². The van der Waals surface area contributed by atoms with E-state index in [-0.39, 0.29) is 25.2 Å². The summed E-state index contributed by atoms with van der Waals surface area (Å²) in [7, 11) is 0. The molecular formula is C18H16BrF3N4O2. The molecule has 0 N–H and O–H groups in total. The number of hydrogen-bond donors (Lipinski definition) is 0. The maximum Gasteiger partial charge on any atom is 0.453 e. The Morgan fingerprint density at radius 2 is 1.86 bits per heavy atom. The molecule has 0 spiro atoms. The van der Waals surface area contributed by atoms with Gasteiger partial charge < -0.3 is 4.74 Å². The average molecular weight is 457 g/mol. The van der Waals surface area contributed by atoms with Crippen molar-refractivity contribution in [1.29, 1.82) is 0 Å². The molecule has 0 unspecified atom stereocenters. The fourth-order valence-electron chi connectivity index (χ4n) is 2.73. The van der Waals surface area contributed by atoms with E-state index in [0.717, 1.165) is 14.6 Å². The van der Waals surface area contributed by atoms with Gasteiger partial charge in [0, 0.05) is 22.3 Å². The molecule has 10 heteroatoms. The number of carbonyl (C=O) groups is 1. The van der Waals surface area contributed by atoms with Crippen molar-refractivity contribution < 1.29 is 22.7 Å². The van der Waals surface area contributed by atoms with Crippen LogP contribution in [0.4, 0.5) is 13.2 Å². The number of rotatable bonds is 5. The number of benzene rings is 1. The van der Waals surface area contributed by atoms with Gasteiger partial charge in [-0.15, -0.1) is 5.10 Å². The highest BCUT2D eigenvalue weighted by Gasteiger charge is 2.36. The number of aromatic nitrogens is 4. The van der Waals surface area contributed by atoms with Crippen LogP contribution in [-0.2, 0) is 28.7 Å². The summed E-state index contributed by atoms with van der Waals surface area (Å²) < 4.78 is 45.7. The van der Waals surface area contributed by atoms with Gasteiger partial charge >= 0.3 is 12.1 Å². The molecule has 0 aliphatic heterocycles. The second kappa shape index (κ2) is 7.86. The van der Waals surface area contributed by atoms with Gasteiger partial charge in [0.2, 0.25) is 0 Å². The molecule has 2 aromatic heterocycles. The summed E-state index contributed by atoms with van der Waals surface area (Å²) in [5, 5.41) is 3.49. The molecule has 0 amide bonds. The highest BCUT2D eigenvalue weighted by Crippen LogP contribution is 2.27. The van der Waals surface area contributed by atoms with Crippen LogP contribution in [0.3, 0.4) is 0 Å². The smallest absolute Gasteiger partial charge is 0.453 e. The molecule has 0 saturated heterocycles. The molecule has 0 fully saturated rings. The third-order valence-corrected chi connectivity index (χ3v) is 4.72. The molecule has 28 heavy (non-hydrogen) atoms. The fraction of sp³-hybridized carbons (Fsp3) is 0.333. The highest BCUT2D eigenvalue weighted by atomic mass is 79.9. The summed E-state index contributed by atoms with van der Waals surface area (Å²) in [6, 6.07) is 7.38. The first kappa shape index (κ1) is 20.2. The SMILES string of the molecule is Cc1nc2nc(C(F)(F)F)nn2c(C)c1CCC(=O)OCc1ccc(Br)cc1. The van der Waals surface area contributed by atoms with Crippen LogP contribution >= 0.6 is 15.9 Å². The Hall–Kier alpha value is -2.49. The van der Waals surface area contributed by atoms with Crippen molar-refractivity contribution in [3.8, 4) is 0 Å². The van der Waals surface area contributed by atoms with E-state index in [1.54, 1.807) is 13.8 Å². The molecule has 1 aromatic carbocycles. The standard InChI is InChI=1S/C18H16BrF3N4O2/c1-10-14(7-8-15(27)28-9-12-3-5-13(19)6-4-12)11(2)26-17(23-10)24-16(25-26)18(20,21)22/h3-6H,7-9H2,1-2H3. The van der Waals surface area contributed by atoms with E-state index in [0.29, 0.717) is 17.0 Å². The number of hydrogen-bond acceptors (Lipinski definition) is 5. The zero-order valence-corrected chi connectivity index (χ0v) is 16.6. The highest BCUT2D eigenvalue weighted by molar-refractivity contribution is 9.10. The Balaban J connectivity index is 1.69. The summed E-state index contributed by atoms with van der Waals surface area (Å²) in [6.45, 7) is 3.44. The zero-order valence-electron chi connectivity index (χ0n) is 15.0.